The average molecular weight is 291 g/mol. The van der Waals surface area contributed by atoms with E-state index in [4.69, 9.17) is 8.94 Å². The van der Waals surface area contributed by atoms with E-state index < -0.39 is 5.76 Å². The molecule has 0 amide bonds. The molecule has 0 saturated heterocycles. The summed E-state index contributed by atoms with van der Waals surface area (Å²) in [6.45, 7) is 4.18. The molecular formula is C13H13N3O3S. The van der Waals surface area contributed by atoms with Gasteiger partial charge in [-0.1, -0.05) is 11.2 Å². The van der Waals surface area contributed by atoms with E-state index in [9.17, 15) is 4.79 Å². The molecule has 0 spiro atoms. The van der Waals surface area contributed by atoms with E-state index in [0.717, 1.165) is 21.9 Å². The largest absolute Gasteiger partial charge is 0.437 e. The van der Waals surface area contributed by atoms with Crippen molar-refractivity contribution < 1.29 is 8.94 Å². The molecule has 0 saturated carbocycles. The summed E-state index contributed by atoms with van der Waals surface area (Å²) in [7, 11) is 0. The summed E-state index contributed by atoms with van der Waals surface area (Å²) in [5.41, 5.74) is 1.86. The summed E-state index contributed by atoms with van der Waals surface area (Å²) < 4.78 is 11.6. The van der Waals surface area contributed by atoms with E-state index >= 15 is 0 Å². The molecule has 0 radical (unpaired) electrons. The van der Waals surface area contributed by atoms with Crippen molar-refractivity contribution in [2.24, 2.45) is 0 Å². The highest BCUT2D eigenvalue weighted by Crippen LogP contribution is 2.21. The van der Waals surface area contributed by atoms with Crippen LogP contribution in [0.3, 0.4) is 0 Å². The lowest BCUT2D eigenvalue weighted by Crippen LogP contribution is -2.17. The molecule has 0 unspecified atom stereocenters. The van der Waals surface area contributed by atoms with Crippen LogP contribution in [0.5, 0.6) is 0 Å². The predicted octanol–water partition coefficient (Wildman–Crippen LogP) is 2.41. The molecule has 3 aromatic rings. The highest BCUT2D eigenvalue weighted by molar-refractivity contribution is 7.13. The molecule has 20 heavy (non-hydrogen) atoms. The fourth-order valence-corrected chi connectivity index (χ4v) is 2.67. The molecule has 0 bridgehead atoms. The van der Waals surface area contributed by atoms with Crippen molar-refractivity contribution in [1.82, 2.24) is 14.9 Å². The molecule has 7 heteroatoms. The lowest BCUT2D eigenvalue weighted by Gasteiger charge is -1.98. The van der Waals surface area contributed by atoms with E-state index in [-0.39, 0.29) is 0 Å². The Balaban J connectivity index is 1.80. The Morgan fingerprint density at radius 2 is 2.25 bits per heavy atom. The van der Waals surface area contributed by atoms with Gasteiger partial charge in [0.2, 0.25) is 0 Å². The van der Waals surface area contributed by atoms with Crippen molar-refractivity contribution >= 4 is 11.3 Å². The Labute approximate surface area is 118 Å². The molecular weight excluding hydrogens is 278 g/mol. The first-order valence-corrected chi connectivity index (χ1v) is 7.06. The van der Waals surface area contributed by atoms with Crippen LogP contribution in [-0.2, 0) is 13.0 Å². The SMILES string of the molecule is Cc1noc(C)c1CCn1nc(-c2cccs2)oc1=O. The van der Waals surface area contributed by atoms with Crippen LogP contribution in [-0.4, -0.2) is 14.9 Å². The molecule has 0 fully saturated rings. The monoisotopic (exact) mass is 291 g/mol. The van der Waals surface area contributed by atoms with Crippen molar-refractivity contribution in [3.63, 3.8) is 0 Å². The minimum atomic E-state index is -0.444. The predicted molar refractivity (Wildman–Crippen MR) is 73.8 cm³/mol. The number of rotatable bonds is 4. The van der Waals surface area contributed by atoms with Gasteiger partial charge in [-0.3, -0.25) is 0 Å². The summed E-state index contributed by atoms with van der Waals surface area (Å²) in [6, 6.07) is 3.76. The summed E-state index contributed by atoms with van der Waals surface area (Å²) >= 11 is 1.49. The Morgan fingerprint density at radius 1 is 1.40 bits per heavy atom. The first-order valence-electron chi connectivity index (χ1n) is 6.18. The van der Waals surface area contributed by atoms with Crippen LogP contribution < -0.4 is 5.76 Å². The maximum absolute atomic E-state index is 11.8. The van der Waals surface area contributed by atoms with E-state index in [2.05, 4.69) is 10.3 Å². The summed E-state index contributed by atoms with van der Waals surface area (Å²) in [6.07, 6.45) is 0.636. The molecule has 6 nitrogen and oxygen atoms in total. The molecule has 3 aromatic heterocycles. The fraction of sp³-hybridized carbons (Fsp3) is 0.308. The number of aromatic nitrogens is 3. The minimum Gasteiger partial charge on any atom is -0.387 e. The van der Waals surface area contributed by atoms with Crippen molar-refractivity contribution in [1.29, 1.82) is 0 Å². The second kappa shape index (κ2) is 5.09. The standard InChI is InChI=1S/C13H13N3O3S/c1-8-10(9(2)19-15-8)5-6-16-13(17)18-12(14-16)11-4-3-7-20-11/h3-4,7H,5-6H2,1-2H3. The van der Waals surface area contributed by atoms with Crippen molar-refractivity contribution in [3.8, 4) is 10.8 Å². The summed E-state index contributed by atoms with van der Waals surface area (Å²) in [5.74, 6) is 0.696. The highest BCUT2D eigenvalue weighted by atomic mass is 32.1. The van der Waals surface area contributed by atoms with Gasteiger partial charge in [-0.05, 0) is 31.7 Å². The van der Waals surface area contributed by atoms with Gasteiger partial charge in [-0.25, -0.2) is 4.79 Å². The van der Waals surface area contributed by atoms with Crippen molar-refractivity contribution in [2.75, 3.05) is 0 Å². The number of nitrogens with zero attached hydrogens (tertiary/aromatic N) is 3. The van der Waals surface area contributed by atoms with Crippen LogP contribution in [0.1, 0.15) is 17.0 Å². The molecule has 0 aliphatic carbocycles. The van der Waals surface area contributed by atoms with E-state index in [1.165, 1.54) is 16.0 Å². The normalized spacial score (nSPS) is 11.1. The van der Waals surface area contributed by atoms with Crippen LogP contribution in [0, 0.1) is 13.8 Å². The zero-order chi connectivity index (χ0) is 14.1. The molecule has 0 aromatic carbocycles. The van der Waals surface area contributed by atoms with Gasteiger partial charge < -0.3 is 8.94 Å². The zero-order valence-corrected chi connectivity index (χ0v) is 11.9. The summed E-state index contributed by atoms with van der Waals surface area (Å²) in [5, 5.41) is 10.0. The zero-order valence-electron chi connectivity index (χ0n) is 11.1. The molecule has 0 N–H and O–H groups in total. The van der Waals surface area contributed by atoms with Crippen LogP contribution >= 0.6 is 11.3 Å². The Morgan fingerprint density at radius 3 is 2.90 bits per heavy atom. The van der Waals surface area contributed by atoms with Crippen LogP contribution in [0.15, 0.2) is 31.2 Å². The van der Waals surface area contributed by atoms with Gasteiger partial charge in [-0.2, -0.15) is 4.68 Å². The van der Waals surface area contributed by atoms with Crippen LogP contribution in [0.25, 0.3) is 10.8 Å². The van der Waals surface area contributed by atoms with Gasteiger partial charge in [-0.15, -0.1) is 16.4 Å². The lowest BCUT2D eigenvalue weighted by molar-refractivity contribution is 0.391. The van der Waals surface area contributed by atoms with Crippen molar-refractivity contribution in [3.05, 3.63) is 45.1 Å². The Hall–Kier alpha value is -2.15. The lowest BCUT2D eigenvalue weighted by atomic mass is 10.1. The molecule has 3 rings (SSSR count). The highest BCUT2D eigenvalue weighted by Gasteiger charge is 2.13. The van der Waals surface area contributed by atoms with Crippen molar-refractivity contribution in [2.45, 2.75) is 26.8 Å². The number of hydrogen-bond donors (Lipinski definition) is 0. The number of hydrogen-bond acceptors (Lipinski definition) is 6. The third-order valence-electron chi connectivity index (χ3n) is 3.09. The van der Waals surface area contributed by atoms with E-state index in [1.54, 1.807) is 0 Å². The molecule has 0 aliphatic heterocycles. The smallest absolute Gasteiger partial charge is 0.387 e. The summed E-state index contributed by atoms with van der Waals surface area (Å²) in [4.78, 5) is 12.6. The minimum absolute atomic E-state index is 0.365. The fourth-order valence-electron chi connectivity index (χ4n) is 2.02. The topological polar surface area (TPSA) is 74.1 Å². The van der Waals surface area contributed by atoms with Gasteiger partial charge >= 0.3 is 5.76 Å². The van der Waals surface area contributed by atoms with Gasteiger partial charge in [0.15, 0.2) is 0 Å². The molecule has 104 valence electrons. The maximum Gasteiger partial charge on any atom is 0.437 e. The second-order valence-electron chi connectivity index (χ2n) is 4.43. The van der Waals surface area contributed by atoms with Gasteiger partial charge in [0.25, 0.3) is 5.89 Å². The van der Waals surface area contributed by atoms with E-state index in [1.807, 2.05) is 31.4 Å². The number of aryl methyl sites for hydroxylation is 3. The van der Waals surface area contributed by atoms with E-state index in [0.29, 0.717) is 18.9 Å². The molecule has 0 aliphatic rings. The van der Waals surface area contributed by atoms with Gasteiger partial charge in [0.1, 0.15) is 5.76 Å². The van der Waals surface area contributed by atoms with Crippen LogP contribution in [0.4, 0.5) is 0 Å². The third kappa shape index (κ3) is 2.32. The first kappa shape index (κ1) is 12.9. The molecule has 0 atom stereocenters. The average Bonchev–Trinajstić information content (AvgIpc) is 3.11. The molecule has 3 heterocycles. The second-order valence-corrected chi connectivity index (χ2v) is 5.37. The Kier molecular flexibility index (Phi) is 3.27. The van der Waals surface area contributed by atoms with Crippen LogP contribution in [0.2, 0.25) is 0 Å². The number of thiophene rings is 1. The third-order valence-corrected chi connectivity index (χ3v) is 3.95. The first-order chi connectivity index (χ1) is 9.65. The Bertz CT molecular complexity index is 748. The van der Waals surface area contributed by atoms with Gasteiger partial charge in [0, 0.05) is 5.56 Å². The van der Waals surface area contributed by atoms with Gasteiger partial charge in [0.05, 0.1) is 17.1 Å². The maximum atomic E-state index is 11.8. The quantitative estimate of drug-likeness (QED) is 0.738.